The van der Waals surface area contributed by atoms with Crippen LogP contribution in [0.5, 0.6) is 0 Å². The van der Waals surface area contributed by atoms with Crippen LogP contribution in [0.4, 0.5) is 0 Å². The van der Waals surface area contributed by atoms with Gasteiger partial charge in [0.05, 0.1) is 18.0 Å². The van der Waals surface area contributed by atoms with Crippen molar-refractivity contribution in [2.45, 2.75) is 20.5 Å². The molecule has 1 aromatic heterocycles. The standard InChI is InChI=1S/C12H17NOS/c1-10(2)8-14-9-12-6-5-11(15-12)4-3-7-13/h5-6,10H,7-9,13H2,1-2H3. The van der Waals surface area contributed by atoms with Crippen molar-refractivity contribution in [2.24, 2.45) is 11.7 Å². The molecule has 0 saturated heterocycles. The molecule has 0 radical (unpaired) electrons. The first kappa shape index (κ1) is 12.3. The number of rotatable bonds is 4. The number of ether oxygens (including phenoxy) is 1. The predicted octanol–water partition coefficient (Wildman–Crippen LogP) is 2.23. The average molecular weight is 223 g/mol. The molecule has 1 heterocycles. The molecule has 2 N–H and O–H groups in total. The fraction of sp³-hybridized carbons (Fsp3) is 0.500. The first-order valence-corrected chi connectivity index (χ1v) is 5.89. The fourth-order valence-electron chi connectivity index (χ4n) is 1.06. The van der Waals surface area contributed by atoms with Crippen LogP contribution in [0.15, 0.2) is 12.1 Å². The van der Waals surface area contributed by atoms with Gasteiger partial charge in [0.15, 0.2) is 0 Å². The van der Waals surface area contributed by atoms with Crippen LogP contribution in [0.25, 0.3) is 0 Å². The van der Waals surface area contributed by atoms with Crippen LogP contribution in [0, 0.1) is 17.8 Å². The monoisotopic (exact) mass is 223 g/mol. The molecule has 0 aliphatic carbocycles. The first-order chi connectivity index (χ1) is 7.22. The number of thiophene rings is 1. The summed E-state index contributed by atoms with van der Waals surface area (Å²) in [5, 5.41) is 0. The summed E-state index contributed by atoms with van der Waals surface area (Å²) in [4.78, 5) is 2.28. The Hall–Kier alpha value is -0.820. The predicted molar refractivity (Wildman–Crippen MR) is 64.7 cm³/mol. The lowest BCUT2D eigenvalue weighted by Crippen LogP contribution is -2.00. The van der Waals surface area contributed by atoms with Crippen molar-refractivity contribution in [1.29, 1.82) is 0 Å². The Balaban J connectivity index is 2.39. The van der Waals surface area contributed by atoms with Gasteiger partial charge in [-0.15, -0.1) is 11.3 Å². The molecule has 2 nitrogen and oxygen atoms in total. The van der Waals surface area contributed by atoms with Crippen LogP contribution >= 0.6 is 11.3 Å². The lowest BCUT2D eigenvalue weighted by Gasteiger charge is -2.04. The third kappa shape index (κ3) is 4.98. The van der Waals surface area contributed by atoms with Crippen molar-refractivity contribution in [3.63, 3.8) is 0 Å². The van der Waals surface area contributed by atoms with E-state index in [1.807, 2.05) is 6.07 Å². The molecule has 1 aromatic rings. The van der Waals surface area contributed by atoms with E-state index in [4.69, 9.17) is 10.5 Å². The molecular formula is C12H17NOS. The maximum Gasteiger partial charge on any atom is 0.0809 e. The van der Waals surface area contributed by atoms with Gasteiger partial charge in [0, 0.05) is 11.5 Å². The van der Waals surface area contributed by atoms with Crippen LogP contribution in [0.1, 0.15) is 23.6 Å². The van der Waals surface area contributed by atoms with Crippen molar-refractivity contribution in [2.75, 3.05) is 13.2 Å². The van der Waals surface area contributed by atoms with E-state index >= 15 is 0 Å². The molecule has 0 unspecified atom stereocenters. The summed E-state index contributed by atoms with van der Waals surface area (Å²) in [6, 6.07) is 4.08. The van der Waals surface area contributed by atoms with Gasteiger partial charge in [-0.25, -0.2) is 0 Å². The zero-order valence-electron chi connectivity index (χ0n) is 9.25. The molecule has 0 saturated carbocycles. The van der Waals surface area contributed by atoms with E-state index in [1.165, 1.54) is 4.88 Å². The Kier molecular flexibility index (Phi) is 5.41. The summed E-state index contributed by atoms with van der Waals surface area (Å²) in [7, 11) is 0. The van der Waals surface area contributed by atoms with Gasteiger partial charge in [0.25, 0.3) is 0 Å². The topological polar surface area (TPSA) is 35.2 Å². The molecule has 0 aromatic carbocycles. The van der Waals surface area contributed by atoms with Crippen LogP contribution in [-0.2, 0) is 11.3 Å². The molecule has 1 rings (SSSR count). The number of hydrogen-bond donors (Lipinski definition) is 1. The van der Waals surface area contributed by atoms with E-state index in [-0.39, 0.29) is 0 Å². The van der Waals surface area contributed by atoms with Gasteiger partial charge in [-0.1, -0.05) is 25.7 Å². The number of nitrogens with two attached hydrogens (primary N) is 1. The van der Waals surface area contributed by atoms with Crippen molar-refractivity contribution in [3.05, 3.63) is 21.9 Å². The van der Waals surface area contributed by atoms with Crippen LogP contribution < -0.4 is 5.73 Å². The minimum atomic E-state index is 0.414. The van der Waals surface area contributed by atoms with Crippen molar-refractivity contribution < 1.29 is 4.74 Å². The minimum Gasteiger partial charge on any atom is -0.376 e. The van der Waals surface area contributed by atoms with E-state index in [0.29, 0.717) is 19.1 Å². The fourth-order valence-corrected chi connectivity index (χ4v) is 1.88. The Bertz CT molecular complexity index is 346. The molecule has 0 bridgehead atoms. The molecule has 0 aliphatic rings. The number of hydrogen-bond acceptors (Lipinski definition) is 3. The molecule has 0 atom stereocenters. The van der Waals surface area contributed by atoms with Gasteiger partial charge in [-0.2, -0.15) is 0 Å². The molecule has 0 aliphatic heterocycles. The molecular weight excluding hydrogens is 206 g/mol. The third-order valence-electron chi connectivity index (χ3n) is 1.67. The van der Waals surface area contributed by atoms with E-state index in [0.717, 1.165) is 11.5 Å². The Morgan fingerprint density at radius 1 is 1.47 bits per heavy atom. The molecule has 0 spiro atoms. The summed E-state index contributed by atoms with van der Waals surface area (Å²) >= 11 is 1.67. The molecule has 82 valence electrons. The molecule has 0 fully saturated rings. The van der Waals surface area contributed by atoms with E-state index < -0.39 is 0 Å². The SMILES string of the molecule is CC(C)COCc1ccc(C#CCN)s1. The average Bonchev–Trinajstić information content (AvgIpc) is 2.62. The maximum absolute atomic E-state index is 5.54. The van der Waals surface area contributed by atoms with Gasteiger partial charge >= 0.3 is 0 Å². The van der Waals surface area contributed by atoms with Gasteiger partial charge in [-0.05, 0) is 18.1 Å². The summed E-state index contributed by atoms with van der Waals surface area (Å²) in [6.07, 6.45) is 0. The van der Waals surface area contributed by atoms with Crippen LogP contribution in [-0.4, -0.2) is 13.2 Å². The summed E-state index contributed by atoms with van der Waals surface area (Å²) in [5.41, 5.74) is 5.30. The quantitative estimate of drug-likeness (QED) is 0.794. The second kappa shape index (κ2) is 6.62. The van der Waals surface area contributed by atoms with Gasteiger partial charge in [0.1, 0.15) is 0 Å². The zero-order valence-corrected chi connectivity index (χ0v) is 10.1. The summed E-state index contributed by atoms with van der Waals surface area (Å²) in [6.45, 7) is 6.20. The van der Waals surface area contributed by atoms with Gasteiger partial charge in [0.2, 0.25) is 0 Å². The lowest BCUT2D eigenvalue weighted by atomic mass is 10.2. The van der Waals surface area contributed by atoms with Crippen molar-refractivity contribution >= 4 is 11.3 Å². The third-order valence-corrected chi connectivity index (χ3v) is 2.64. The Morgan fingerprint density at radius 2 is 2.27 bits per heavy atom. The summed E-state index contributed by atoms with van der Waals surface area (Å²) < 4.78 is 5.54. The van der Waals surface area contributed by atoms with E-state index in [1.54, 1.807) is 11.3 Å². The second-order valence-electron chi connectivity index (χ2n) is 3.68. The maximum atomic E-state index is 5.54. The normalized spacial score (nSPS) is 10.1. The largest absolute Gasteiger partial charge is 0.376 e. The highest BCUT2D eigenvalue weighted by Gasteiger charge is 1.99. The van der Waals surface area contributed by atoms with Gasteiger partial charge < -0.3 is 10.5 Å². The zero-order chi connectivity index (χ0) is 11.1. The minimum absolute atomic E-state index is 0.414. The Labute approximate surface area is 95.4 Å². The highest BCUT2D eigenvalue weighted by atomic mass is 32.1. The van der Waals surface area contributed by atoms with Crippen LogP contribution in [0.2, 0.25) is 0 Å². The van der Waals surface area contributed by atoms with E-state index in [2.05, 4.69) is 31.8 Å². The van der Waals surface area contributed by atoms with Crippen molar-refractivity contribution in [1.82, 2.24) is 0 Å². The Morgan fingerprint density at radius 3 is 2.93 bits per heavy atom. The smallest absolute Gasteiger partial charge is 0.0809 e. The first-order valence-electron chi connectivity index (χ1n) is 5.07. The summed E-state index contributed by atoms with van der Waals surface area (Å²) in [5.74, 6) is 6.44. The van der Waals surface area contributed by atoms with Crippen LogP contribution in [0.3, 0.4) is 0 Å². The van der Waals surface area contributed by atoms with Crippen molar-refractivity contribution in [3.8, 4) is 11.8 Å². The van der Waals surface area contributed by atoms with E-state index in [9.17, 15) is 0 Å². The molecule has 0 amide bonds. The molecule has 15 heavy (non-hydrogen) atoms. The highest BCUT2D eigenvalue weighted by Crippen LogP contribution is 2.16. The molecule has 3 heteroatoms. The second-order valence-corrected chi connectivity index (χ2v) is 4.85. The van der Waals surface area contributed by atoms with Gasteiger partial charge in [-0.3, -0.25) is 0 Å². The highest BCUT2D eigenvalue weighted by molar-refractivity contribution is 7.12. The lowest BCUT2D eigenvalue weighted by molar-refractivity contribution is 0.0989.